The fraction of sp³-hybridized carbons (Fsp3) is 0. The Hall–Kier alpha value is -20.8. The van der Waals surface area contributed by atoms with Crippen molar-refractivity contribution >= 4 is 98.9 Å². The Balaban J connectivity index is 0.564. The van der Waals surface area contributed by atoms with Gasteiger partial charge in [-0.2, -0.15) is 0 Å². The average Bonchev–Trinajstić information content (AvgIpc) is 1.61. The first-order valence-corrected chi connectivity index (χ1v) is 49.8. The van der Waals surface area contributed by atoms with Crippen molar-refractivity contribution in [1.82, 2.24) is 73.5 Å². The second kappa shape index (κ2) is 35.7. The summed E-state index contributed by atoms with van der Waals surface area (Å²) in [5.74, 6) is 6.75. The summed E-state index contributed by atoms with van der Waals surface area (Å²) >= 11 is 0. The number of nitrogens with zero attached hydrogens (tertiary/aromatic N) is 15. The summed E-state index contributed by atoms with van der Waals surface area (Å²) in [4.78, 5) is 64.9. The highest BCUT2D eigenvalue weighted by Gasteiger charge is 2.30. The standard InChI is InChI=1S/C132H79N15O3/c1-8-32-80(33-9-1)87-41-29-44-90(75-87)125-137-123(84-38-14-4-15-39-84)141-129(144-125)102-69-67-98(119-118(102)105-79-94(65-72-113(105)149-119)132-135-108-55-24-27-58-111(108)147(132)97-50-20-7-21-51-97)88-42-28-40-86(74-88)81-60-62-85(63-61-81)124-136-121(82-34-10-2-11-35-82)140-128(142-124)101-70-68-99(120-117(101)104-78-93(66-73-114(104)150-120)131-134-107-54-23-26-57-110(107)146(131)96-48-18-6-19-49-96)89-43-30-45-91(76-89)126-138-122(83-36-12-3-13-37-83)139-127(143-126)100-52-31-59-115-116(100)103-77-92(64-71-112(103)148-115)130-133-106-53-22-25-56-109(106)145(130)95-46-16-5-17-47-95/h1-79H. The molecule has 18 nitrogen and oxygen atoms in total. The molecular weight excluding hydrogens is 1840 g/mol. The molecule has 20 aromatic carbocycles. The highest BCUT2D eigenvalue weighted by Crippen LogP contribution is 2.49. The third-order valence-corrected chi connectivity index (χ3v) is 28.3. The Bertz CT molecular complexity index is 10400. The SMILES string of the molecule is c1ccc(-c2cccc(-c3nc(-c4ccccc4)nc(-c4ccc(-c5cccc(-c6ccc(-c7nc(-c8ccccc8)nc(-c8ccc(-c9cccc(-c%10nc(-c%11ccccc%11)nc(-c%11cccc%12oc%13ccc(-c%14nc%15ccccc%15n%14-c%14ccccc%14)cc%13c%11%12)n%10)c9)c9oc%10ccc(-c%11nc%12ccccc%12n%11-c%11ccccc%11)cc%10c89)n7)cc6)c5)c5oc6ccc(-c7nc8ccccc8n7-c7ccccc7)cc6c45)n3)c2)cc1. The van der Waals surface area contributed by atoms with Crippen LogP contribution in [-0.2, 0) is 0 Å². The number of imidazole rings is 3. The van der Waals surface area contributed by atoms with E-state index in [1.165, 1.54) is 0 Å². The Labute approximate surface area is 857 Å². The van der Waals surface area contributed by atoms with E-state index >= 15 is 0 Å². The van der Waals surface area contributed by atoms with Crippen molar-refractivity contribution in [3.8, 4) is 198 Å². The normalized spacial score (nSPS) is 11.7. The van der Waals surface area contributed by atoms with Crippen molar-refractivity contribution in [3.05, 3.63) is 479 Å². The van der Waals surface area contributed by atoms with Gasteiger partial charge in [0.05, 0.1) is 33.1 Å². The van der Waals surface area contributed by atoms with Crippen LogP contribution < -0.4 is 0 Å². The molecule has 0 aliphatic rings. The van der Waals surface area contributed by atoms with Crippen molar-refractivity contribution < 1.29 is 13.3 Å². The number of hydrogen-bond donors (Lipinski definition) is 0. The molecule has 9 aromatic heterocycles. The minimum Gasteiger partial charge on any atom is -0.456 e. The first-order chi connectivity index (χ1) is 74.3. The molecule has 0 amide bonds. The van der Waals surface area contributed by atoms with E-state index in [4.69, 9.17) is 73.1 Å². The molecule has 700 valence electrons. The lowest BCUT2D eigenvalue weighted by Crippen LogP contribution is -2.01. The molecule has 18 heteroatoms. The van der Waals surface area contributed by atoms with Gasteiger partial charge in [-0.25, -0.2) is 59.8 Å². The summed E-state index contributed by atoms with van der Waals surface area (Å²) in [5.41, 5.74) is 29.9. The molecule has 9 heterocycles. The van der Waals surface area contributed by atoms with Crippen LogP contribution in [0.5, 0.6) is 0 Å². The molecule has 0 aliphatic carbocycles. The quantitative estimate of drug-likeness (QED) is 0.0737. The van der Waals surface area contributed by atoms with Gasteiger partial charge in [0.2, 0.25) is 0 Å². The molecule has 29 rings (SSSR count). The molecule has 0 spiro atoms. The van der Waals surface area contributed by atoms with Gasteiger partial charge in [-0.3, -0.25) is 13.7 Å². The average molecular weight is 1920 g/mol. The van der Waals surface area contributed by atoms with E-state index in [0.717, 1.165) is 211 Å². The van der Waals surface area contributed by atoms with Gasteiger partial charge in [0.25, 0.3) is 0 Å². The summed E-state index contributed by atoms with van der Waals surface area (Å²) in [6.07, 6.45) is 0. The van der Waals surface area contributed by atoms with Crippen LogP contribution in [0.25, 0.3) is 297 Å². The van der Waals surface area contributed by atoms with E-state index < -0.39 is 0 Å². The topological polar surface area (TPSA) is 209 Å². The molecular formula is C132H79N15O3. The Kier molecular flexibility index (Phi) is 20.4. The Morgan fingerprint density at radius 3 is 0.800 bits per heavy atom. The van der Waals surface area contributed by atoms with E-state index in [0.29, 0.717) is 85.9 Å². The summed E-state index contributed by atoms with van der Waals surface area (Å²) < 4.78 is 28.2. The van der Waals surface area contributed by atoms with Gasteiger partial charge >= 0.3 is 0 Å². The van der Waals surface area contributed by atoms with Crippen LogP contribution in [0.15, 0.2) is 492 Å². The molecule has 0 atom stereocenters. The Morgan fingerprint density at radius 1 is 0.147 bits per heavy atom. The zero-order chi connectivity index (χ0) is 98.8. The second-order valence-corrected chi connectivity index (χ2v) is 37.3. The molecule has 0 saturated heterocycles. The number of aromatic nitrogens is 15. The van der Waals surface area contributed by atoms with Gasteiger partial charge in [-0.15, -0.1) is 0 Å². The Morgan fingerprint density at radius 2 is 0.407 bits per heavy atom. The van der Waals surface area contributed by atoms with Crippen LogP contribution in [0.4, 0.5) is 0 Å². The molecule has 29 aromatic rings. The predicted molar refractivity (Wildman–Crippen MR) is 599 cm³/mol. The van der Waals surface area contributed by atoms with Crippen LogP contribution in [-0.4, -0.2) is 73.5 Å². The first-order valence-electron chi connectivity index (χ1n) is 49.8. The van der Waals surface area contributed by atoms with Crippen LogP contribution in [0, 0.1) is 0 Å². The molecule has 0 N–H and O–H groups in total. The van der Waals surface area contributed by atoms with E-state index in [1.54, 1.807) is 0 Å². The van der Waals surface area contributed by atoms with Crippen molar-refractivity contribution in [1.29, 1.82) is 0 Å². The van der Waals surface area contributed by atoms with Crippen molar-refractivity contribution in [2.24, 2.45) is 0 Å². The fourth-order valence-corrected chi connectivity index (χ4v) is 21.2. The lowest BCUT2D eigenvalue weighted by molar-refractivity contribution is 0.669. The predicted octanol–water partition coefficient (Wildman–Crippen LogP) is 32.6. The monoisotopic (exact) mass is 1920 g/mol. The first kappa shape index (κ1) is 86.0. The summed E-state index contributed by atoms with van der Waals surface area (Å²) in [7, 11) is 0. The molecule has 150 heavy (non-hydrogen) atoms. The van der Waals surface area contributed by atoms with Crippen LogP contribution in [0.3, 0.4) is 0 Å². The van der Waals surface area contributed by atoms with Gasteiger partial charge in [0, 0.05) is 127 Å². The fourth-order valence-electron chi connectivity index (χ4n) is 21.2. The number of hydrogen-bond acceptors (Lipinski definition) is 15. The summed E-state index contributed by atoms with van der Waals surface area (Å²) in [5, 5.41) is 5.08. The summed E-state index contributed by atoms with van der Waals surface area (Å²) in [6, 6.07) is 164. The number of furan rings is 3. The van der Waals surface area contributed by atoms with Crippen molar-refractivity contribution in [2.45, 2.75) is 0 Å². The van der Waals surface area contributed by atoms with Gasteiger partial charge in [0.15, 0.2) is 52.4 Å². The zero-order valence-corrected chi connectivity index (χ0v) is 80.0. The third-order valence-electron chi connectivity index (χ3n) is 28.3. The van der Waals surface area contributed by atoms with Crippen molar-refractivity contribution in [3.63, 3.8) is 0 Å². The molecule has 0 saturated carbocycles. The number of benzene rings is 20. The minimum absolute atomic E-state index is 0.438. The largest absolute Gasteiger partial charge is 0.456 e. The number of fused-ring (bicyclic) bond motifs is 12. The molecule has 0 fully saturated rings. The second-order valence-electron chi connectivity index (χ2n) is 37.3. The van der Waals surface area contributed by atoms with Gasteiger partial charge in [-0.1, -0.05) is 303 Å². The lowest BCUT2D eigenvalue weighted by atomic mass is 9.95. The van der Waals surface area contributed by atoms with Gasteiger partial charge in [-0.05, 0) is 209 Å². The smallest absolute Gasteiger partial charge is 0.164 e. The van der Waals surface area contributed by atoms with Gasteiger partial charge < -0.3 is 13.3 Å². The maximum atomic E-state index is 7.42. The number of rotatable bonds is 19. The maximum absolute atomic E-state index is 7.42. The van der Waals surface area contributed by atoms with Gasteiger partial charge in [0.1, 0.15) is 51.0 Å². The highest BCUT2D eigenvalue weighted by atomic mass is 16.3. The van der Waals surface area contributed by atoms with E-state index in [2.05, 4.69) is 341 Å². The maximum Gasteiger partial charge on any atom is 0.164 e. The summed E-state index contributed by atoms with van der Waals surface area (Å²) in [6.45, 7) is 0. The lowest BCUT2D eigenvalue weighted by Gasteiger charge is -2.13. The van der Waals surface area contributed by atoms with Crippen LogP contribution in [0.1, 0.15) is 0 Å². The zero-order valence-electron chi connectivity index (χ0n) is 80.0. The molecule has 0 aliphatic heterocycles. The van der Waals surface area contributed by atoms with Crippen molar-refractivity contribution in [2.75, 3.05) is 0 Å². The van der Waals surface area contributed by atoms with Crippen LogP contribution in [0.2, 0.25) is 0 Å². The molecule has 0 radical (unpaired) electrons. The minimum atomic E-state index is 0.438. The van der Waals surface area contributed by atoms with Crippen LogP contribution >= 0.6 is 0 Å². The van der Waals surface area contributed by atoms with E-state index in [1.807, 2.05) is 152 Å². The molecule has 0 unspecified atom stereocenters. The third kappa shape index (κ3) is 15.0. The highest BCUT2D eigenvalue weighted by molar-refractivity contribution is 6.19. The molecule has 0 bridgehead atoms. The number of para-hydroxylation sites is 9. The van der Waals surface area contributed by atoms with E-state index in [-0.39, 0.29) is 0 Å². The van der Waals surface area contributed by atoms with E-state index in [9.17, 15) is 0 Å².